The largest absolute Gasteiger partial charge is 0.359 e. The van der Waals surface area contributed by atoms with Crippen LogP contribution in [0, 0.1) is 17.1 Å². The lowest BCUT2D eigenvalue weighted by Gasteiger charge is -2.36. The smallest absolute Gasteiger partial charge is 0.242 e. The van der Waals surface area contributed by atoms with E-state index in [0.29, 0.717) is 12.2 Å². The topological polar surface area (TPSA) is 56.1 Å². The van der Waals surface area contributed by atoms with Crippen LogP contribution in [0.15, 0.2) is 18.2 Å². The third-order valence-corrected chi connectivity index (χ3v) is 3.40. The molecular weight excluding hydrogens is 245 g/mol. The Bertz CT molecular complexity index is 524. The number of nitrogens with zero attached hydrogens (tertiary/aromatic N) is 2. The van der Waals surface area contributed by atoms with Crippen LogP contribution in [0.2, 0.25) is 0 Å². The number of hydrogen-bond acceptors (Lipinski definition) is 3. The highest BCUT2D eigenvalue weighted by Crippen LogP contribution is 2.26. The summed E-state index contributed by atoms with van der Waals surface area (Å²) in [5.41, 5.74) is 0.876. The molecule has 1 atom stereocenters. The fourth-order valence-electron chi connectivity index (χ4n) is 2.48. The number of amides is 1. The van der Waals surface area contributed by atoms with Crippen LogP contribution in [0.5, 0.6) is 0 Å². The van der Waals surface area contributed by atoms with Gasteiger partial charge in [0.05, 0.1) is 11.6 Å². The van der Waals surface area contributed by atoms with Crippen LogP contribution in [0.3, 0.4) is 0 Å². The SMILES string of the molecule is CNC(=O)C1CCCCN1c1cc(F)cc(C#N)c1. The van der Waals surface area contributed by atoms with E-state index in [1.807, 2.05) is 11.0 Å². The lowest BCUT2D eigenvalue weighted by molar-refractivity contribution is -0.122. The Kier molecular flexibility index (Phi) is 4.00. The quantitative estimate of drug-likeness (QED) is 0.883. The van der Waals surface area contributed by atoms with Crippen molar-refractivity contribution in [2.24, 2.45) is 0 Å². The molecule has 4 nitrogen and oxygen atoms in total. The molecule has 1 aromatic rings. The van der Waals surface area contributed by atoms with Crippen molar-refractivity contribution in [3.05, 3.63) is 29.6 Å². The molecule has 1 amide bonds. The highest BCUT2D eigenvalue weighted by Gasteiger charge is 2.28. The number of nitrogens with one attached hydrogen (secondary N) is 1. The van der Waals surface area contributed by atoms with E-state index in [-0.39, 0.29) is 17.5 Å². The second-order valence-corrected chi connectivity index (χ2v) is 4.63. The summed E-state index contributed by atoms with van der Waals surface area (Å²) in [5, 5.41) is 11.5. The van der Waals surface area contributed by atoms with Gasteiger partial charge in [0.1, 0.15) is 11.9 Å². The Balaban J connectivity index is 2.35. The van der Waals surface area contributed by atoms with Crippen molar-refractivity contribution in [1.29, 1.82) is 5.26 Å². The van der Waals surface area contributed by atoms with Gasteiger partial charge in [-0.15, -0.1) is 0 Å². The third kappa shape index (κ3) is 2.84. The highest BCUT2D eigenvalue weighted by molar-refractivity contribution is 5.85. The number of piperidine rings is 1. The number of hydrogen-bond donors (Lipinski definition) is 1. The number of rotatable bonds is 2. The minimum atomic E-state index is -0.449. The molecule has 1 heterocycles. The molecular formula is C14H16FN3O. The summed E-state index contributed by atoms with van der Waals surface area (Å²) < 4.78 is 13.5. The van der Waals surface area contributed by atoms with Gasteiger partial charge >= 0.3 is 0 Å². The molecule has 1 saturated heterocycles. The highest BCUT2D eigenvalue weighted by atomic mass is 19.1. The monoisotopic (exact) mass is 261 g/mol. The van der Waals surface area contributed by atoms with Crippen molar-refractivity contribution in [1.82, 2.24) is 5.32 Å². The summed E-state index contributed by atoms with van der Waals surface area (Å²) in [5.74, 6) is -0.516. The molecule has 1 fully saturated rings. The van der Waals surface area contributed by atoms with E-state index in [2.05, 4.69) is 5.32 Å². The van der Waals surface area contributed by atoms with Gasteiger partial charge in [-0.3, -0.25) is 4.79 Å². The number of carbonyl (C=O) groups excluding carboxylic acids is 1. The normalized spacial score (nSPS) is 18.8. The zero-order valence-electron chi connectivity index (χ0n) is 10.8. The van der Waals surface area contributed by atoms with Gasteiger partial charge in [0.2, 0.25) is 5.91 Å². The first-order valence-electron chi connectivity index (χ1n) is 6.34. The predicted octanol–water partition coefficient (Wildman–Crippen LogP) is 1.80. The molecule has 0 spiro atoms. The molecule has 1 unspecified atom stereocenters. The Hall–Kier alpha value is -2.09. The third-order valence-electron chi connectivity index (χ3n) is 3.40. The zero-order valence-corrected chi connectivity index (χ0v) is 10.8. The number of nitriles is 1. The van der Waals surface area contributed by atoms with Crippen LogP contribution in [-0.2, 0) is 4.79 Å². The number of carbonyl (C=O) groups is 1. The fraction of sp³-hybridized carbons (Fsp3) is 0.429. The number of benzene rings is 1. The number of halogens is 1. The summed E-state index contributed by atoms with van der Waals surface area (Å²) >= 11 is 0. The minimum Gasteiger partial charge on any atom is -0.359 e. The second kappa shape index (κ2) is 5.70. The maximum atomic E-state index is 13.5. The molecule has 1 aromatic carbocycles. The fourth-order valence-corrected chi connectivity index (χ4v) is 2.48. The number of anilines is 1. The van der Waals surface area contributed by atoms with Crippen LogP contribution >= 0.6 is 0 Å². The van der Waals surface area contributed by atoms with E-state index in [1.54, 1.807) is 13.1 Å². The van der Waals surface area contributed by atoms with Gasteiger partial charge in [0.15, 0.2) is 0 Å². The average molecular weight is 261 g/mol. The maximum Gasteiger partial charge on any atom is 0.242 e. The van der Waals surface area contributed by atoms with Crippen LogP contribution in [0.4, 0.5) is 10.1 Å². The summed E-state index contributed by atoms with van der Waals surface area (Å²) in [4.78, 5) is 13.8. The average Bonchev–Trinajstić information content (AvgIpc) is 2.45. The first-order chi connectivity index (χ1) is 9.15. The van der Waals surface area contributed by atoms with Gasteiger partial charge in [-0.25, -0.2) is 4.39 Å². The molecule has 1 aliphatic rings. The molecule has 2 rings (SSSR count). The zero-order chi connectivity index (χ0) is 13.8. The van der Waals surface area contributed by atoms with Crippen molar-refractivity contribution in [2.75, 3.05) is 18.5 Å². The summed E-state index contributed by atoms with van der Waals surface area (Å²) in [7, 11) is 1.60. The summed E-state index contributed by atoms with van der Waals surface area (Å²) in [6.45, 7) is 0.701. The lowest BCUT2D eigenvalue weighted by atomic mass is 10.00. The maximum absolute atomic E-state index is 13.5. The minimum absolute atomic E-state index is 0.0672. The standard InChI is InChI=1S/C14H16FN3O/c1-17-14(19)13-4-2-3-5-18(13)12-7-10(9-16)6-11(15)8-12/h6-8,13H,2-5H2,1H3,(H,17,19). The van der Waals surface area contributed by atoms with Crippen LogP contribution < -0.4 is 10.2 Å². The Labute approximate surface area is 111 Å². The molecule has 5 heteroatoms. The van der Waals surface area contributed by atoms with Gasteiger partial charge in [-0.1, -0.05) is 0 Å². The number of likely N-dealkylation sites (N-methyl/N-ethyl adjacent to an activating group) is 1. The van der Waals surface area contributed by atoms with Gasteiger partial charge in [0.25, 0.3) is 0 Å². The molecule has 0 radical (unpaired) electrons. The van der Waals surface area contributed by atoms with Crippen molar-refractivity contribution < 1.29 is 9.18 Å². The van der Waals surface area contributed by atoms with Gasteiger partial charge in [-0.2, -0.15) is 5.26 Å². The van der Waals surface area contributed by atoms with E-state index >= 15 is 0 Å². The van der Waals surface area contributed by atoms with E-state index < -0.39 is 5.82 Å². The molecule has 1 N–H and O–H groups in total. The lowest BCUT2D eigenvalue weighted by Crippen LogP contribution is -2.48. The molecule has 100 valence electrons. The van der Waals surface area contributed by atoms with Crippen molar-refractivity contribution >= 4 is 11.6 Å². The first-order valence-corrected chi connectivity index (χ1v) is 6.34. The summed E-state index contributed by atoms with van der Waals surface area (Å²) in [6.07, 6.45) is 2.69. The van der Waals surface area contributed by atoms with E-state index in [0.717, 1.165) is 19.3 Å². The Morgan fingerprint density at radius 3 is 2.95 bits per heavy atom. The molecule has 0 bridgehead atoms. The Morgan fingerprint density at radius 2 is 2.26 bits per heavy atom. The van der Waals surface area contributed by atoms with Crippen LogP contribution in [0.1, 0.15) is 24.8 Å². The molecule has 0 aliphatic carbocycles. The molecule has 0 aromatic heterocycles. The molecule has 19 heavy (non-hydrogen) atoms. The summed E-state index contributed by atoms with van der Waals surface area (Å²) in [6, 6.07) is 5.86. The second-order valence-electron chi connectivity index (χ2n) is 4.63. The van der Waals surface area contributed by atoms with Crippen LogP contribution in [-0.4, -0.2) is 25.5 Å². The van der Waals surface area contributed by atoms with E-state index in [9.17, 15) is 9.18 Å². The first kappa shape index (κ1) is 13.3. The van der Waals surface area contributed by atoms with E-state index in [1.165, 1.54) is 12.1 Å². The van der Waals surface area contributed by atoms with Gasteiger partial charge in [0, 0.05) is 19.3 Å². The van der Waals surface area contributed by atoms with Crippen molar-refractivity contribution in [2.45, 2.75) is 25.3 Å². The van der Waals surface area contributed by atoms with Crippen LogP contribution in [0.25, 0.3) is 0 Å². The Morgan fingerprint density at radius 1 is 1.47 bits per heavy atom. The van der Waals surface area contributed by atoms with Crippen molar-refractivity contribution in [3.63, 3.8) is 0 Å². The van der Waals surface area contributed by atoms with Gasteiger partial charge in [-0.05, 0) is 37.5 Å². The molecule has 0 saturated carbocycles. The molecule has 1 aliphatic heterocycles. The predicted molar refractivity (Wildman–Crippen MR) is 70.2 cm³/mol. The van der Waals surface area contributed by atoms with Gasteiger partial charge < -0.3 is 10.2 Å². The van der Waals surface area contributed by atoms with E-state index in [4.69, 9.17) is 5.26 Å². The van der Waals surface area contributed by atoms with Crippen molar-refractivity contribution in [3.8, 4) is 6.07 Å².